The summed E-state index contributed by atoms with van der Waals surface area (Å²) in [6, 6.07) is 7.81. The molecule has 2 N–H and O–H groups in total. The van der Waals surface area contributed by atoms with Gasteiger partial charge in [0.15, 0.2) is 0 Å². The molecule has 0 bridgehead atoms. The highest BCUT2D eigenvalue weighted by Crippen LogP contribution is 2.20. The third-order valence-electron chi connectivity index (χ3n) is 2.69. The molecule has 0 radical (unpaired) electrons. The lowest BCUT2D eigenvalue weighted by atomic mass is 10.1. The van der Waals surface area contributed by atoms with E-state index in [1.165, 1.54) is 18.3 Å². The maximum atomic E-state index is 12.1. The van der Waals surface area contributed by atoms with E-state index in [4.69, 9.17) is 16.7 Å². The van der Waals surface area contributed by atoms with Crippen molar-refractivity contribution in [2.24, 2.45) is 0 Å². The molecule has 1 heterocycles. The Bertz CT molecular complexity index is 686. The molecule has 1 amide bonds. The van der Waals surface area contributed by atoms with Crippen LogP contribution < -0.4 is 5.32 Å². The SMILES string of the molecule is Cc1ccc(Cl)cc1NC(=O)c1ccnc(C(=O)O)c1. The first kappa shape index (κ1) is 14.0. The van der Waals surface area contributed by atoms with E-state index in [0.717, 1.165) is 5.56 Å². The summed E-state index contributed by atoms with van der Waals surface area (Å²) < 4.78 is 0. The summed E-state index contributed by atoms with van der Waals surface area (Å²) in [5.41, 5.74) is 1.48. The number of aromatic nitrogens is 1. The zero-order chi connectivity index (χ0) is 14.7. The van der Waals surface area contributed by atoms with Crippen molar-refractivity contribution >= 4 is 29.2 Å². The molecule has 0 saturated heterocycles. The molecule has 0 spiro atoms. The monoisotopic (exact) mass is 290 g/mol. The fourth-order valence-corrected chi connectivity index (χ4v) is 1.78. The molecule has 2 rings (SSSR count). The van der Waals surface area contributed by atoms with Crippen LogP contribution in [0.5, 0.6) is 0 Å². The quantitative estimate of drug-likeness (QED) is 0.911. The first-order valence-electron chi connectivity index (χ1n) is 5.74. The molecule has 1 aromatic heterocycles. The highest BCUT2D eigenvalue weighted by Gasteiger charge is 2.12. The van der Waals surface area contributed by atoms with E-state index < -0.39 is 11.9 Å². The predicted octanol–water partition coefficient (Wildman–Crippen LogP) is 2.99. The highest BCUT2D eigenvalue weighted by atomic mass is 35.5. The number of carbonyl (C=O) groups excluding carboxylic acids is 1. The van der Waals surface area contributed by atoms with Crippen molar-refractivity contribution in [3.63, 3.8) is 0 Å². The molecule has 0 saturated carbocycles. The predicted molar refractivity (Wildman–Crippen MR) is 75.3 cm³/mol. The Labute approximate surface area is 120 Å². The number of pyridine rings is 1. The van der Waals surface area contributed by atoms with Gasteiger partial charge in [-0.05, 0) is 36.8 Å². The third kappa shape index (κ3) is 3.13. The molecule has 0 atom stereocenters. The van der Waals surface area contributed by atoms with E-state index in [9.17, 15) is 9.59 Å². The van der Waals surface area contributed by atoms with Crippen LogP contribution in [0.3, 0.4) is 0 Å². The van der Waals surface area contributed by atoms with E-state index >= 15 is 0 Å². The van der Waals surface area contributed by atoms with Gasteiger partial charge in [-0.1, -0.05) is 17.7 Å². The number of amides is 1. The van der Waals surface area contributed by atoms with Crippen molar-refractivity contribution < 1.29 is 14.7 Å². The standard InChI is InChI=1S/C14H11ClN2O3/c1-8-2-3-10(15)7-11(8)17-13(18)9-4-5-16-12(6-9)14(19)20/h2-7H,1H3,(H,17,18)(H,19,20). The molecule has 6 heteroatoms. The Morgan fingerprint density at radius 1 is 1.25 bits per heavy atom. The van der Waals surface area contributed by atoms with Crippen LogP contribution in [-0.4, -0.2) is 22.0 Å². The average molecular weight is 291 g/mol. The smallest absolute Gasteiger partial charge is 0.354 e. The summed E-state index contributed by atoms with van der Waals surface area (Å²) in [6.07, 6.45) is 1.28. The lowest BCUT2D eigenvalue weighted by molar-refractivity contribution is 0.0690. The third-order valence-corrected chi connectivity index (χ3v) is 2.92. The number of rotatable bonds is 3. The van der Waals surface area contributed by atoms with Crippen molar-refractivity contribution in [2.45, 2.75) is 6.92 Å². The van der Waals surface area contributed by atoms with Gasteiger partial charge in [0.1, 0.15) is 5.69 Å². The van der Waals surface area contributed by atoms with Crippen LogP contribution in [-0.2, 0) is 0 Å². The number of carbonyl (C=O) groups is 2. The number of nitrogens with zero attached hydrogens (tertiary/aromatic N) is 1. The van der Waals surface area contributed by atoms with Gasteiger partial charge in [-0.3, -0.25) is 4.79 Å². The van der Waals surface area contributed by atoms with Crippen LogP contribution in [0, 0.1) is 6.92 Å². The minimum absolute atomic E-state index is 0.180. The van der Waals surface area contributed by atoms with E-state index in [0.29, 0.717) is 10.7 Å². The summed E-state index contributed by atoms with van der Waals surface area (Å²) in [5, 5.41) is 12.0. The van der Waals surface area contributed by atoms with Crippen molar-refractivity contribution in [1.82, 2.24) is 4.98 Å². The number of hydrogen-bond acceptors (Lipinski definition) is 3. The van der Waals surface area contributed by atoms with Crippen LogP contribution >= 0.6 is 11.6 Å². The largest absolute Gasteiger partial charge is 0.477 e. The van der Waals surface area contributed by atoms with E-state index in [1.807, 2.05) is 6.92 Å². The molecule has 0 aliphatic rings. The molecule has 1 aromatic carbocycles. The Kier molecular flexibility index (Phi) is 4.00. The molecular formula is C14H11ClN2O3. The number of anilines is 1. The Hall–Kier alpha value is -2.40. The Morgan fingerprint density at radius 2 is 2.00 bits per heavy atom. The van der Waals surface area contributed by atoms with Gasteiger partial charge in [-0.25, -0.2) is 9.78 Å². The lowest BCUT2D eigenvalue weighted by Crippen LogP contribution is -2.14. The number of aryl methyl sites for hydroxylation is 1. The molecular weight excluding hydrogens is 280 g/mol. The van der Waals surface area contributed by atoms with E-state index in [1.54, 1.807) is 18.2 Å². The second-order valence-corrected chi connectivity index (χ2v) is 4.58. The molecule has 0 unspecified atom stereocenters. The maximum Gasteiger partial charge on any atom is 0.354 e. The molecule has 5 nitrogen and oxygen atoms in total. The van der Waals surface area contributed by atoms with Gasteiger partial charge in [-0.15, -0.1) is 0 Å². The van der Waals surface area contributed by atoms with Gasteiger partial charge >= 0.3 is 5.97 Å². The van der Waals surface area contributed by atoms with Crippen LogP contribution in [0.1, 0.15) is 26.4 Å². The minimum Gasteiger partial charge on any atom is -0.477 e. The first-order valence-corrected chi connectivity index (χ1v) is 6.12. The Morgan fingerprint density at radius 3 is 2.70 bits per heavy atom. The van der Waals surface area contributed by atoms with Gasteiger partial charge in [0.25, 0.3) is 5.91 Å². The molecule has 20 heavy (non-hydrogen) atoms. The fourth-order valence-electron chi connectivity index (χ4n) is 1.61. The second kappa shape index (κ2) is 5.71. The number of hydrogen-bond donors (Lipinski definition) is 2. The summed E-state index contributed by atoms with van der Waals surface area (Å²) in [7, 11) is 0. The average Bonchev–Trinajstić information content (AvgIpc) is 2.43. The van der Waals surface area contributed by atoms with Gasteiger partial charge in [0.2, 0.25) is 0 Å². The second-order valence-electron chi connectivity index (χ2n) is 4.15. The van der Waals surface area contributed by atoms with Gasteiger partial charge in [0, 0.05) is 22.5 Å². The van der Waals surface area contributed by atoms with Crippen molar-refractivity contribution in [3.8, 4) is 0 Å². The van der Waals surface area contributed by atoms with Crippen LogP contribution in [0.25, 0.3) is 0 Å². The minimum atomic E-state index is -1.18. The number of aromatic carboxylic acids is 1. The van der Waals surface area contributed by atoms with Crippen molar-refractivity contribution in [1.29, 1.82) is 0 Å². The van der Waals surface area contributed by atoms with Gasteiger partial charge < -0.3 is 10.4 Å². The van der Waals surface area contributed by atoms with Gasteiger partial charge in [-0.2, -0.15) is 0 Å². The fraction of sp³-hybridized carbons (Fsp3) is 0.0714. The zero-order valence-corrected chi connectivity index (χ0v) is 11.3. The van der Waals surface area contributed by atoms with Crippen molar-refractivity contribution in [2.75, 3.05) is 5.32 Å². The summed E-state index contributed by atoms with van der Waals surface area (Å²) in [5.74, 6) is -1.60. The number of carboxylic acids is 1. The molecule has 102 valence electrons. The topological polar surface area (TPSA) is 79.3 Å². The maximum absolute atomic E-state index is 12.1. The number of nitrogens with one attached hydrogen (secondary N) is 1. The van der Waals surface area contributed by atoms with Gasteiger partial charge in [0.05, 0.1) is 0 Å². The molecule has 0 fully saturated rings. The number of halogens is 1. The first-order chi connectivity index (χ1) is 9.47. The lowest BCUT2D eigenvalue weighted by Gasteiger charge is -2.09. The van der Waals surface area contributed by atoms with Crippen molar-refractivity contribution in [3.05, 3.63) is 58.4 Å². The molecule has 0 aliphatic heterocycles. The summed E-state index contributed by atoms with van der Waals surface area (Å²) in [6.45, 7) is 1.83. The van der Waals surface area contributed by atoms with E-state index in [-0.39, 0.29) is 11.3 Å². The van der Waals surface area contributed by atoms with Crippen LogP contribution in [0.4, 0.5) is 5.69 Å². The number of carboxylic acid groups (broad SMARTS) is 1. The van der Waals surface area contributed by atoms with Crippen LogP contribution in [0.2, 0.25) is 5.02 Å². The summed E-state index contributed by atoms with van der Waals surface area (Å²) >= 11 is 5.87. The molecule has 2 aromatic rings. The van der Waals surface area contributed by atoms with E-state index in [2.05, 4.69) is 10.3 Å². The van der Waals surface area contributed by atoms with Crippen LogP contribution in [0.15, 0.2) is 36.5 Å². The zero-order valence-electron chi connectivity index (χ0n) is 10.6. The highest BCUT2D eigenvalue weighted by molar-refractivity contribution is 6.31. The molecule has 0 aliphatic carbocycles. The summed E-state index contributed by atoms with van der Waals surface area (Å²) in [4.78, 5) is 26.6. The normalized spacial score (nSPS) is 10.1. The number of benzene rings is 1. The Balaban J connectivity index is 2.26.